The standard InChI is InChI=1S/C22H29N5O/c1-4-16-5-6-19-18(12-16)15(2)11-20(23-19)27-9-7-17(8-10-27)13-21-24-25-22(14-28)26(21)3/h5-6,11-12,17,28H,4,7-10,13-14H2,1-3H3. The van der Waals surface area contributed by atoms with Crippen molar-refractivity contribution < 1.29 is 5.11 Å². The third-order valence-corrected chi connectivity index (χ3v) is 6.08. The number of aliphatic hydroxyl groups is 1. The highest BCUT2D eigenvalue weighted by Gasteiger charge is 2.23. The molecule has 0 saturated carbocycles. The number of hydrogen-bond donors (Lipinski definition) is 1. The summed E-state index contributed by atoms with van der Waals surface area (Å²) in [6, 6.07) is 8.85. The molecule has 1 aliphatic heterocycles. The summed E-state index contributed by atoms with van der Waals surface area (Å²) in [5.41, 5.74) is 3.75. The van der Waals surface area contributed by atoms with Crippen LogP contribution in [-0.4, -0.2) is 37.9 Å². The van der Waals surface area contributed by atoms with Crippen molar-refractivity contribution in [2.75, 3.05) is 18.0 Å². The highest BCUT2D eigenvalue weighted by Crippen LogP contribution is 2.28. The summed E-state index contributed by atoms with van der Waals surface area (Å²) in [7, 11) is 1.93. The normalized spacial score (nSPS) is 15.5. The molecule has 6 nitrogen and oxygen atoms in total. The van der Waals surface area contributed by atoms with Crippen molar-refractivity contribution in [1.82, 2.24) is 19.7 Å². The Balaban J connectivity index is 1.45. The summed E-state index contributed by atoms with van der Waals surface area (Å²) in [4.78, 5) is 7.35. The van der Waals surface area contributed by atoms with Gasteiger partial charge in [-0.3, -0.25) is 0 Å². The molecule has 1 aliphatic rings. The average molecular weight is 380 g/mol. The molecule has 3 heterocycles. The van der Waals surface area contributed by atoms with Gasteiger partial charge in [-0.1, -0.05) is 13.0 Å². The maximum absolute atomic E-state index is 9.29. The second-order valence-corrected chi connectivity index (χ2v) is 7.89. The topological polar surface area (TPSA) is 67.1 Å². The first kappa shape index (κ1) is 18.9. The molecule has 0 aliphatic carbocycles. The maximum Gasteiger partial charge on any atom is 0.158 e. The molecule has 28 heavy (non-hydrogen) atoms. The molecule has 0 radical (unpaired) electrons. The highest BCUT2D eigenvalue weighted by atomic mass is 16.3. The highest BCUT2D eigenvalue weighted by molar-refractivity contribution is 5.84. The fraction of sp³-hybridized carbons (Fsp3) is 0.500. The molecule has 3 aromatic rings. The van der Waals surface area contributed by atoms with E-state index >= 15 is 0 Å². The van der Waals surface area contributed by atoms with Gasteiger partial charge < -0.3 is 14.6 Å². The number of rotatable bonds is 5. The first-order valence-corrected chi connectivity index (χ1v) is 10.2. The number of benzene rings is 1. The summed E-state index contributed by atoms with van der Waals surface area (Å²) in [6.07, 6.45) is 4.21. The van der Waals surface area contributed by atoms with Crippen LogP contribution in [0.5, 0.6) is 0 Å². The molecule has 0 spiro atoms. The molecule has 0 amide bonds. The third-order valence-electron chi connectivity index (χ3n) is 6.08. The van der Waals surface area contributed by atoms with E-state index in [9.17, 15) is 5.11 Å². The van der Waals surface area contributed by atoms with Crippen LogP contribution in [-0.2, 0) is 26.5 Å². The SMILES string of the molecule is CCc1ccc2nc(N3CCC(Cc4nnc(CO)n4C)CC3)cc(C)c2c1. The van der Waals surface area contributed by atoms with Crippen LogP contribution in [0.4, 0.5) is 5.82 Å². The number of pyridine rings is 1. The monoisotopic (exact) mass is 379 g/mol. The minimum absolute atomic E-state index is 0.0608. The van der Waals surface area contributed by atoms with Gasteiger partial charge in [0, 0.05) is 31.9 Å². The number of piperidine rings is 1. The number of aryl methyl sites for hydroxylation is 2. The molecular weight excluding hydrogens is 350 g/mol. The van der Waals surface area contributed by atoms with Crippen LogP contribution in [0.3, 0.4) is 0 Å². The van der Waals surface area contributed by atoms with Gasteiger partial charge >= 0.3 is 0 Å². The van der Waals surface area contributed by atoms with Crippen LogP contribution in [0.25, 0.3) is 10.9 Å². The Morgan fingerprint density at radius 1 is 1.11 bits per heavy atom. The molecule has 0 unspecified atom stereocenters. The van der Waals surface area contributed by atoms with Crippen LogP contribution < -0.4 is 4.90 Å². The van der Waals surface area contributed by atoms with Crippen molar-refractivity contribution in [1.29, 1.82) is 0 Å². The molecule has 1 aromatic carbocycles. The van der Waals surface area contributed by atoms with Gasteiger partial charge in [0.25, 0.3) is 0 Å². The quantitative estimate of drug-likeness (QED) is 0.737. The Morgan fingerprint density at radius 3 is 2.54 bits per heavy atom. The zero-order valence-corrected chi connectivity index (χ0v) is 17.0. The first-order chi connectivity index (χ1) is 13.6. The lowest BCUT2D eigenvalue weighted by Gasteiger charge is -2.33. The van der Waals surface area contributed by atoms with Gasteiger partial charge in [0.15, 0.2) is 5.82 Å². The smallest absolute Gasteiger partial charge is 0.158 e. The molecule has 148 valence electrons. The summed E-state index contributed by atoms with van der Waals surface area (Å²) in [5, 5.41) is 18.9. The Morgan fingerprint density at radius 2 is 1.86 bits per heavy atom. The predicted octanol–water partition coefficient (Wildman–Crippen LogP) is 3.19. The Hall–Kier alpha value is -2.47. The molecule has 0 atom stereocenters. The number of fused-ring (bicyclic) bond motifs is 1. The second kappa shape index (κ2) is 7.87. The van der Waals surface area contributed by atoms with E-state index in [0.29, 0.717) is 11.7 Å². The van der Waals surface area contributed by atoms with Gasteiger partial charge in [-0.25, -0.2) is 4.98 Å². The summed E-state index contributed by atoms with van der Waals surface area (Å²) in [5.74, 6) is 3.29. The summed E-state index contributed by atoms with van der Waals surface area (Å²) >= 11 is 0. The van der Waals surface area contributed by atoms with E-state index in [1.165, 1.54) is 16.5 Å². The Kier molecular flexibility index (Phi) is 5.31. The summed E-state index contributed by atoms with van der Waals surface area (Å²) in [6.45, 7) is 6.34. The molecule has 4 rings (SSSR count). The van der Waals surface area contributed by atoms with E-state index < -0.39 is 0 Å². The van der Waals surface area contributed by atoms with Crippen LogP contribution in [0.15, 0.2) is 24.3 Å². The summed E-state index contributed by atoms with van der Waals surface area (Å²) < 4.78 is 1.92. The maximum atomic E-state index is 9.29. The van der Waals surface area contributed by atoms with Gasteiger partial charge in [-0.2, -0.15) is 0 Å². The van der Waals surface area contributed by atoms with Crippen molar-refractivity contribution in [3.05, 3.63) is 47.0 Å². The van der Waals surface area contributed by atoms with E-state index in [-0.39, 0.29) is 6.61 Å². The molecule has 1 saturated heterocycles. The van der Waals surface area contributed by atoms with E-state index in [1.807, 2.05) is 11.6 Å². The lowest BCUT2D eigenvalue weighted by atomic mass is 9.93. The van der Waals surface area contributed by atoms with Gasteiger partial charge in [-0.05, 0) is 61.4 Å². The lowest BCUT2D eigenvalue weighted by molar-refractivity contribution is 0.266. The number of anilines is 1. The van der Waals surface area contributed by atoms with E-state index in [4.69, 9.17) is 4.98 Å². The average Bonchev–Trinajstić information content (AvgIpc) is 3.07. The van der Waals surface area contributed by atoms with Crippen molar-refractivity contribution in [2.24, 2.45) is 13.0 Å². The van der Waals surface area contributed by atoms with Gasteiger partial charge in [0.2, 0.25) is 0 Å². The molecule has 1 fully saturated rings. The van der Waals surface area contributed by atoms with Crippen molar-refractivity contribution in [3.8, 4) is 0 Å². The molecule has 1 N–H and O–H groups in total. The fourth-order valence-electron chi connectivity index (χ4n) is 4.14. The van der Waals surface area contributed by atoms with Crippen molar-refractivity contribution in [3.63, 3.8) is 0 Å². The molecule has 6 heteroatoms. The Bertz CT molecular complexity index is 972. The minimum Gasteiger partial charge on any atom is -0.388 e. The third kappa shape index (κ3) is 3.61. The number of aromatic nitrogens is 4. The van der Waals surface area contributed by atoms with E-state index in [2.05, 4.69) is 53.2 Å². The van der Waals surface area contributed by atoms with Crippen LogP contribution >= 0.6 is 0 Å². The van der Waals surface area contributed by atoms with Crippen LogP contribution in [0, 0.1) is 12.8 Å². The largest absolute Gasteiger partial charge is 0.388 e. The van der Waals surface area contributed by atoms with E-state index in [1.54, 1.807) is 0 Å². The van der Waals surface area contributed by atoms with Gasteiger partial charge in [-0.15, -0.1) is 10.2 Å². The first-order valence-electron chi connectivity index (χ1n) is 10.2. The fourth-order valence-corrected chi connectivity index (χ4v) is 4.14. The molecular formula is C22H29N5O. The zero-order valence-electron chi connectivity index (χ0n) is 17.0. The zero-order chi connectivity index (χ0) is 19.7. The Labute approximate surface area is 166 Å². The molecule has 2 aromatic heterocycles. The number of aliphatic hydroxyl groups excluding tert-OH is 1. The van der Waals surface area contributed by atoms with E-state index in [0.717, 1.165) is 55.9 Å². The molecule has 0 bridgehead atoms. The minimum atomic E-state index is -0.0608. The lowest BCUT2D eigenvalue weighted by Crippen LogP contribution is -2.35. The van der Waals surface area contributed by atoms with Gasteiger partial charge in [0.05, 0.1) is 5.52 Å². The second-order valence-electron chi connectivity index (χ2n) is 7.89. The van der Waals surface area contributed by atoms with Crippen LogP contribution in [0.1, 0.15) is 42.5 Å². The van der Waals surface area contributed by atoms with Gasteiger partial charge in [0.1, 0.15) is 18.2 Å². The van der Waals surface area contributed by atoms with Crippen molar-refractivity contribution in [2.45, 2.75) is 46.1 Å². The number of hydrogen-bond acceptors (Lipinski definition) is 5. The van der Waals surface area contributed by atoms with Crippen LogP contribution in [0.2, 0.25) is 0 Å². The van der Waals surface area contributed by atoms with Crippen molar-refractivity contribution >= 4 is 16.7 Å². The number of nitrogens with zero attached hydrogens (tertiary/aromatic N) is 5. The predicted molar refractivity (Wildman–Crippen MR) is 111 cm³/mol.